The van der Waals surface area contributed by atoms with Crippen molar-refractivity contribution in [3.63, 3.8) is 0 Å². The van der Waals surface area contributed by atoms with E-state index in [0.29, 0.717) is 0 Å². The summed E-state index contributed by atoms with van der Waals surface area (Å²) in [6.45, 7) is 9.49. The zero-order chi connectivity index (χ0) is 14.4. The third kappa shape index (κ3) is 15.0. The van der Waals surface area contributed by atoms with Crippen molar-refractivity contribution >= 4 is 5.91 Å². The van der Waals surface area contributed by atoms with Crippen molar-refractivity contribution in [1.29, 1.82) is 0 Å². The van der Waals surface area contributed by atoms with Gasteiger partial charge in [0.2, 0.25) is 5.91 Å². The van der Waals surface area contributed by atoms with E-state index in [9.17, 15) is 4.79 Å². The number of allylic oxidation sites excluding steroid dienone is 1. The monoisotopic (exact) mass is 257 g/mol. The highest BCUT2D eigenvalue weighted by Crippen LogP contribution is 2.25. The van der Waals surface area contributed by atoms with Crippen LogP contribution in [-0.4, -0.2) is 11.0 Å². The Hall–Kier alpha value is -0.990. The van der Waals surface area contributed by atoms with Gasteiger partial charge in [-0.3, -0.25) is 4.79 Å². The Morgan fingerprint density at radius 1 is 1.22 bits per heavy atom. The number of hydrogen-bond acceptors (Lipinski definition) is 2. The van der Waals surface area contributed by atoms with Crippen LogP contribution in [0.2, 0.25) is 0 Å². The number of carbonyl (C=O) groups is 1. The number of aliphatic hydroxyl groups is 1. The Bertz CT molecular complexity index is 195. The average Bonchev–Trinajstić information content (AvgIpc) is 2.40. The summed E-state index contributed by atoms with van der Waals surface area (Å²) in [4.78, 5) is 9.97. The summed E-state index contributed by atoms with van der Waals surface area (Å²) < 4.78 is 0. The molecule has 0 unspecified atom stereocenters. The lowest BCUT2D eigenvalue weighted by Gasteiger charge is -2.18. The fourth-order valence-corrected chi connectivity index (χ4v) is 1.86. The first-order valence-electron chi connectivity index (χ1n) is 7.21. The van der Waals surface area contributed by atoms with Gasteiger partial charge in [-0.2, -0.15) is 0 Å². The van der Waals surface area contributed by atoms with Crippen molar-refractivity contribution in [1.82, 2.24) is 0 Å². The molecule has 0 radical (unpaired) electrons. The average molecular weight is 257 g/mol. The Balaban J connectivity index is 0. The van der Waals surface area contributed by atoms with E-state index in [1.165, 1.54) is 38.5 Å². The predicted molar refractivity (Wildman–Crippen MR) is 78.4 cm³/mol. The van der Waals surface area contributed by atoms with Crippen LogP contribution in [0.25, 0.3) is 0 Å². The molecule has 0 aromatic rings. The van der Waals surface area contributed by atoms with Crippen LogP contribution in [0, 0.1) is 5.92 Å². The van der Waals surface area contributed by atoms with Gasteiger partial charge in [-0.1, -0.05) is 65.9 Å². The largest absolute Gasteiger partial charge is 0.513 e. The quantitative estimate of drug-likeness (QED) is 0.736. The molecule has 0 heterocycles. The number of nitrogens with two attached hydrogens (primary N) is 1. The molecule has 0 aliphatic heterocycles. The van der Waals surface area contributed by atoms with Gasteiger partial charge in [0.25, 0.3) is 0 Å². The fraction of sp³-hybridized carbons (Fsp3) is 0.800. The van der Waals surface area contributed by atoms with Gasteiger partial charge < -0.3 is 10.8 Å². The highest BCUT2D eigenvalue weighted by Gasteiger charge is 2.09. The van der Waals surface area contributed by atoms with Crippen LogP contribution >= 0.6 is 0 Å². The van der Waals surface area contributed by atoms with E-state index in [1.807, 2.05) is 13.8 Å². The molecule has 0 saturated heterocycles. The summed E-state index contributed by atoms with van der Waals surface area (Å²) in [7, 11) is 0. The summed E-state index contributed by atoms with van der Waals surface area (Å²) in [5.41, 5.74) is 4.75. The lowest BCUT2D eigenvalue weighted by molar-refractivity contribution is -0.118. The minimum absolute atomic E-state index is 0.00352. The standard InChI is InChI=1S/C8H16.C5H9NO2.C2H6/c1-2-8-6-4-3-5-7-8;1-4(7)2-3-5(6)8;1-2/h8H,2-7H2,1H3;7H,1-3H2,(H2,6,8);1-2H3. The summed E-state index contributed by atoms with van der Waals surface area (Å²) in [5.74, 6) is 0.674. The van der Waals surface area contributed by atoms with E-state index in [4.69, 9.17) is 10.8 Å². The number of carbonyl (C=O) groups excluding carboxylic acids is 1. The van der Waals surface area contributed by atoms with Gasteiger partial charge in [0, 0.05) is 12.8 Å². The first kappa shape index (κ1) is 19.4. The minimum Gasteiger partial charge on any atom is -0.513 e. The van der Waals surface area contributed by atoms with Gasteiger partial charge in [-0.25, -0.2) is 0 Å². The molecule has 1 aliphatic rings. The second kappa shape index (κ2) is 14.1. The SMILES string of the molecule is C=C(O)CCC(N)=O.CC.CCC1CCCCC1. The van der Waals surface area contributed by atoms with Crippen LogP contribution < -0.4 is 5.73 Å². The van der Waals surface area contributed by atoms with E-state index in [2.05, 4.69) is 13.5 Å². The van der Waals surface area contributed by atoms with Crippen LogP contribution in [0.5, 0.6) is 0 Å². The van der Waals surface area contributed by atoms with Crippen LogP contribution in [0.4, 0.5) is 0 Å². The van der Waals surface area contributed by atoms with Gasteiger partial charge >= 0.3 is 0 Å². The number of amides is 1. The molecule has 1 amide bonds. The summed E-state index contributed by atoms with van der Waals surface area (Å²) >= 11 is 0. The summed E-state index contributed by atoms with van der Waals surface area (Å²) in [6, 6.07) is 0. The third-order valence-electron chi connectivity index (χ3n) is 2.96. The maximum absolute atomic E-state index is 9.97. The molecule has 0 bridgehead atoms. The van der Waals surface area contributed by atoms with Crippen LogP contribution in [0.1, 0.15) is 72.1 Å². The topological polar surface area (TPSA) is 63.3 Å². The Morgan fingerprint density at radius 2 is 1.72 bits per heavy atom. The number of rotatable bonds is 4. The van der Waals surface area contributed by atoms with Crippen molar-refractivity contribution < 1.29 is 9.90 Å². The van der Waals surface area contributed by atoms with Gasteiger partial charge in [-0.05, 0) is 5.92 Å². The molecule has 1 fully saturated rings. The molecule has 18 heavy (non-hydrogen) atoms. The normalized spacial score (nSPS) is 14.6. The molecule has 3 nitrogen and oxygen atoms in total. The number of primary amides is 1. The van der Waals surface area contributed by atoms with E-state index >= 15 is 0 Å². The first-order chi connectivity index (χ1) is 8.56. The van der Waals surface area contributed by atoms with Crippen LogP contribution in [0.3, 0.4) is 0 Å². The fourth-order valence-electron chi connectivity index (χ4n) is 1.86. The molecule has 1 aliphatic carbocycles. The Labute approximate surface area is 112 Å². The van der Waals surface area contributed by atoms with E-state index in [1.54, 1.807) is 0 Å². The molecule has 3 N–H and O–H groups in total. The second-order valence-electron chi connectivity index (χ2n) is 4.44. The molecule has 0 atom stereocenters. The zero-order valence-electron chi connectivity index (χ0n) is 12.4. The Morgan fingerprint density at radius 3 is 1.94 bits per heavy atom. The van der Waals surface area contributed by atoms with E-state index < -0.39 is 5.91 Å². The number of aliphatic hydroxyl groups excluding tert-OH is 1. The van der Waals surface area contributed by atoms with Crippen molar-refractivity contribution in [2.45, 2.75) is 72.1 Å². The molecule has 108 valence electrons. The molecule has 0 aromatic carbocycles. The molecular formula is C15H31NO2. The molecule has 1 saturated carbocycles. The van der Waals surface area contributed by atoms with E-state index in [0.717, 1.165) is 5.92 Å². The van der Waals surface area contributed by atoms with Gasteiger partial charge in [-0.15, -0.1) is 0 Å². The second-order valence-corrected chi connectivity index (χ2v) is 4.44. The maximum atomic E-state index is 9.97. The maximum Gasteiger partial charge on any atom is 0.217 e. The molecule has 3 heteroatoms. The third-order valence-corrected chi connectivity index (χ3v) is 2.96. The molecular weight excluding hydrogens is 226 g/mol. The van der Waals surface area contributed by atoms with Crippen molar-refractivity contribution in [3.05, 3.63) is 12.3 Å². The first-order valence-corrected chi connectivity index (χ1v) is 7.21. The Kier molecular flexibility index (Phi) is 15.1. The molecule has 1 rings (SSSR count). The highest BCUT2D eigenvalue weighted by molar-refractivity contribution is 5.73. The summed E-state index contributed by atoms with van der Waals surface area (Å²) in [5, 5.41) is 8.40. The van der Waals surface area contributed by atoms with E-state index in [-0.39, 0.29) is 18.6 Å². The van der Waals surface area contributed by atoms with Gasteiger partial charge in [0.05, 0.1) is 5.76 Å². The van der Waals surface area contributed by atoms with Crippen molar-refractivity contribution in [2.24, 2.45) is 11.7 Å². The lowest BCUT2D eigenvalue weighted by Crippen LogP contribution is -2.09. The van der Waals surface area contributed by atoms with Crippen LogP contribution in [-0.2, 0) is 4.79 Å². The van der Waals surface area contributed by atoms with Crippen molar-refractivity contribution in [2.75, 3.05) is 0 Å². The zero-order valence-corrected chi connectivity index (χ0v) is 12.4. The van der Waals surface area contributed by atoms with Crippen molar-refractivity contribution in [3.8, 4) is 0 Å². The molecule has 0 spiro atoms. The predicted octanol–water partition coefficient (Wildman–Crippen LogP) is 4.33. The molecule has 0 aromatic heterocycles. The summed E-state index contributed by atoms with van der Waals surface area (Å²) in [6.07, 6.45) is 9.38. The minimum atomic E-state index is -0.416. The number of hydrogen-bond donors (Lipinski definition) is 2. The van der Waals surface area contributed by atoms with Gasteiger partial charge in [0.15, 0.2) is 0 Å². The smallest absolute Gasteiger partial charge is 0.217 e. The lowest BCUT2D eigenvalue weighted by atomic mass is 9.88. The van der Waals surface area contributed by atoms with Gasteiger partial charge in [0.1, 0.15) is 0 Å². The highest BCUT2D eigenvalue weighted by atomic mass is 16.3. The van der Waals surface area contributed by atoms with Crippen LogP contribution in [0.15, 0.2) is 12.3 Å².